The Morgan fingerprint density at radius 3 is 2.92 bits per heavy atom. The fourth-order valence-corrected chi connectivity index (χ4v) is 2.50. The summed E-state index contributed by atoms with van der Waals surface area (Å²) in [5.41, 5.74) is 0. The number of likely N-dealkylation sites (N-methyl/N-ethyl adjacent to an activating group) is 1. The molecule has 6 nitrogen and oxygen atoms in total. The van der Waals surface area contributed by atoms with E-state index in [1.54, 1.807) is 0 Å². The Morgan fingerprint density at radius 1 is 1.33 bits per heavy atom. The van der Waals surface area contributed by atoms with Crippen molar-refractivity contribution in [2.24, 2.45) is 4.99 Å². The fraction of sp³-hybridized carbons (Fsp3) is 0.611. The molecule has 6 heteroatoms. The third kappa shape index (κ3) is 7.19. The van der Waals surface area contributed by atoms with E-state index in [2.05, 4.69) is 34.5 Å². The summed E-state index contributed by atoms with van der Waals surface area (Å²) < 4.78 is 11.4. The van der Waals surface area contributed by atoms with E-state index in [0.717, 1.165) is 50.9 Å². The van der Waals surface area contributed by atoms with Crippen LogP contribution in [0.15, 0.2) is 35.3 Å². The van der Waals surface area contributed by atoms with Crippen molar-refractivity contribution in [1.82, 2.24) is 15.5 Å². The van der Waals surface area contributed by atoms with E-state index < -0.39 is 0 Å². The SMILES string of the molecule is CCNC(=NCC1CN(C)CCO1)NCCCOc1ccccc1. The second-order valence-electron chi connectivity index (χ2n) is 5.92. The van der Waals surface area contributed by atoms with Crippen LogP contribution in [-0.4, -0.2) is 69.9 Å². The molecule has 1 heterocycles. The van der Waals surface area contributed by atoms with Crippen molar-refractivity contribution in [2.75, 3.05) is 53.0 Å². The minimum Gasteiger partial charge on any atom is -0.494 e. The van der Waals surface area contributed by atoms with E-state index in [4.69, 9.17) is 9.47 Å². The van der Waals surface area contributed by atoms with Gasteiger partial charge in [0.2, 0.25) is 0 Å². The zero-order valence-corrected chi connectivity index (χ0v) is 14.8. The van der Waals surface area contributed by atoms with Crippen molar-refractivity contribution in [2.45, 2.75) is 19.4 Å². The Morgan fingerprint density at radius 2 is 2.17 bits per heavy atom. The highest BCUT2D eigenvalue weighted by molar-refractivity contribution is 5.79. The average Bonchev–Trinajstić information content (AvgIpc) is 2.60. The molecule has 24 heavy (non-hydrogen) atoms. The molecule has 1 atom stereocenters. The predicted octanol–water partition coefficient (Wildman–Crippen LogP) is 1.34. The monoisotopic (exact) mass is 334 g/mol. The van der Waals surface area contributed by atoms with Crippen LogP contribution in [0.1, 0.15) is 13.3 Å². The molecule has 2 N–H and O–H groups in total. The molecule has 134 valence electrons. The molecule has 1 fully saturated rings. The lowest BCUT2D eigenvalue weighted by Crippen LogP contribution is -2.43. The minimum atomic E-state index is 0.181. The fourth-order valence-electron chi connectivity index (χ4n) is 2.50. The van der Waals surface area contributed by atoms with Crippen molar-refractivity contribution in [1.29, 1.82) is 0 Å². The van der Waals surface area contributed by atoms with Gasteiger partial charge in [-0.25, -0.2) is 0 Å². The maximum Gasteiger partial charge on any atom is 0.191 e. The molecular formula is C18H30N4O2. The molecular weight excluding hydrogens is 304 g/mol. The Kier molecular flexibility index (Phi) is 8.41. The molecule has 0 spiro atoms. The molecule has 0 aliphatic carbocycles. The smallest absolute Gasteiger partial charge is 0.191 e. The lowest BCUT2D eigenvalue weighted by atomic mass is 10.3. The van der Waals surface area contributed by atoms with Gasteiger partial charge >= 0.3 is 0 Å². The average molecular weight is 334 g/mol. The number of hydrogen-bond donors (Lipinski definition) is 2. The number of guanidine groups is 1. The van der Waals surface area contributed by atoms with E-state index in [0.29, 0.717) is 13.2 Å². The Labute approximate surface area is 145 Å². The van der Waals surface area contributed by atoms with Crippen LogP contribution in [-0.2, 0) is 4.74 Å². The van der Waals surface area contributed by atoms with Gasteiger partial charge < -0.3 is 25.0 Å². The van der Waals surface area contributed by atoms with Crippen LogP contribution in [0.2, 0.25) is 0 Å². The first-order valence-electron chi connectivity index (χ1n) is 8.78. The van der Waals surface area contributed by atoms with E-state index in [1.807, 2.05) is 30.3 Å². The van der Waals surface area contributed by atoms with Crippen molar-refractivity contribution in [3.63, 3.8) is 0 Å². The summed E-state index contributed by atoms with van der Waals surface area (Å²) >= 11 is 0. The largest absolute Gasteiger partial charge is 0.494 e. The first-order valence-corrected chi connectivity index (χ1v) is 8.78. The quantitative estimate of drug-likeness (QED) is 0.427. The third-order valence-corrected chi connectivity index (χ3v) is 3.76. The molecule has 1 unspecified atom stereocenters. The van der Waals surface area contributed by atoms with Gasteiger partial charge in [-0.2, -0.15) is 0 Å². The summed E-state index contributed by atoms with van der Waals surface area (Å²) in [5.74, 6) is 1.76. The number of hydrogen-bond acceptors (Lipinski definition) is 4. The van der Waals surface area contributed by atoms with E-state index >= 15 is 0 Å². The highest BCUT2D eigenvalue weighted by Gasteiger charge is 2.17. The Hall–Kier alpha value is -1.79. The zero-order chi connectivity index (χ0) is 17.0. The van der Waals surface area contributed by atoms with E-state index in [1.165, 1.54) is 0 Å². The van der Waals surface area contributed by atoms with Gasteiger partial charge in [0.15, 0.2) is 5.96 Å². The van der Waals surface area contributed by atoms with Crippen LogP contribution < -0.4 is 15.4 Å². The van der Waals surface area contributed by atoms with Crippen LogP contribution in [0.4, 0.5) is 0 Å². The van der Waals surface area contributed by atoms with Crippen LogP contribution in [0.5, 0.6) is 5.75 Å². The standard InChI is InChI=1S/C18H30N4O2/c1-3-19-18(21-14-17-15-22(2)11-13-24-17)20-10-7-12-23-16-8-5-4-6-9-16/h4-6,8-9,17H,3,7,10-15H2,1-2H3,(H2,19,20,21). The molecule has 2 rings (SSSR count). The topological polar surface area (TPSA) is 58.1 Å². The van der Waals surface area contributed by atoms with Crippen LogP contribution in [0.3, 0.4) is 0 Å². The summed E-state index contributed by atoms with van der Waals surface area (Å²) in [5, 5.41) is 6.62. The lowest BCUT2D eigenvalue weighted by Gasteiger charge is -2.29. The highest BCUT2D eigenvalue weighted by Crippen LogP contribution is 2.08. The predicted molar refractivity (Wildman–Crippen MR) is 97.8 cm³/mol. The van der Waals surface area contributed by atoms with Crippen molar-refractivity contribution in [3.05, 3.63) is 30.3 Å². The van der Waals surface area contributed by atoms with Crippen LogP contribution in [0.25, 0.3) is 0 Å². The molecule has 0 aromatic heterocycles. The molecule has 1 saturated heterocycles. The van der Waals surface area contributed by atoms with Crippen molar-refractivity contribution >= 4 is 5.96 Å². The number of aliphatic imine (C=N–C) groups is 1. The molecule has 1 aliphatic rings. The maximum atomic E-state index is 5.74. The van der Waals surface area contributed by atoms with Gasteiger partial charge in [-0.3, -0.25) is 4.99 Å². The van der Waals surface area contributed by atoms with Gasteiger partial charge in [0.25, 0.3) is 0 Å². The van der Waals surface area contributed by atoms with Crippen LogP contribution >= 0.6 is 0 Å². The molecule has 0 amide bonds. The normalized spacial score (nSPS) is 19.1. The Balaban J connectivity index is 1.65. The van der Waals surface area contributed by atoms with Gasteiger partial charge in [0.1, 0.15) is 5.75 Å². The Bertz CT molecular complexity index is 481. The summed E-state index contributed by atoms with van der Waals surface area (Å²) in [6, 6.07) is 9.89. The van der Waals surface area contributed by atoms with E-state index in [9.17, 15) is 0 Å². The summed E-state index contributed by atoms with van der Waals surface area (Å²) in [7, 11) is 2.12. The maximum absolute atomic E-state index is 5.74. The first kappa shape index (κ1) is 18.5. The second kappa shape index (κ2) is 10.9. The number of morpholine rings is 1. The number of nitrogens with one attached hydrogen (secondary N) is 2. The molecule has 0 radical (unpaired) electrons. The molecule has 0 bridgehead atoms. The molecule has 1 aliphatic heterocycles. The number of benzene rings is 1. The third-order valence-electron chi connectivity index (χ3n) is 3.76. The molecule has 0 saturated carbocycles. The van der Waals surface area contributed by atoms with Gasteiger partial charge in [-0.15, -0.1) is 0 Å². The minimum absolute atomic E-state index is 0.181. The number of rotatable bonds is 8. The zero-order valence-electron chi connectivity index (χ0n) is 14.8. The number of ether oxygens (including phenoxy) is 2. The van der Waals surface area contributed by atoms with Crippen LogP contribution in [0, 0.1) is 0 Å². The highest BCUT2D eigenvalue weighted by atomic mass is 16.5. The lowest BCUT2D eigenvalue weighted by molar-refractivity contribution is -0.0136. The first-order chi connectivity index (χ1) is 11.8. The summed E-state index contributed by atoms with van der Waals surface area (Å²) in [4.78, 5) is 6.91. The summed E-state index contributed by atoms with van der Waals surface area (Å²) in [6.07, 6.45) is 1.10. The second-order valence-corrected chi connectivity index (χ2v) is 5.92. The number of nitrogens with zero attached hydrogens (tertiary/aromatic N) is 2. The molecule has 1 aromatic rings. The van der Waals surface area contributed by atoms with Gasteiger partial charge in [-0.1, -0.05) is 18.2 Å². The van der Waals surface area contributed by atoms with Gasteiger partial charge in [0, 0.05) is 26.2 Å². The van der Waals surface area contributed by atoms with Crippen molar-refractivity contribution in [3.8, 4) is 5.75 Å². The van der Waals surface area contributed by atoms with E-state index in [-0.39, 0.29) is 6.10 Å². The van der Waals surface area contributed by atoms with Gasteiger partial charge in [-0.05, 0) is 32.5 Å². The summed E-state index contributed by atoms with van der Waals surface area (Å²) in [6.45, 7) is 7.83. The van der Waals surface area contributed by atoms with Gasteiger partial charge in [0.05, 0.1) is 25.9 Å². The number of para-hydroxylation sites is 1. The molecule has 1 aromatic carbocycles. The van der Waals surface area contributed by atoms with Crippen molar-refractivity contribution < 1.29 is 9.47 Å².